The fourth-order valence-corrected chi connectivity index (χ4v) is 2.76. The van der Waals surface area contributed by atoms with Crippen molar-refractivity contribution in [2.45, 2.75) is 0 Å². The second-order valence-electron chi connectivity index (χ2n) is 5.41. The molecule has 2 aromatic carbocycles. The van der Waals surface area contributed by atoms with Crippen LogP contribution in [0.5, 0.6) is 0 Å². The molecule has 27 heavy (non-hydrogen) atoms. The SMILES string of the molecule is O=C(O)c1ccc2c(=O)[nH]c(C(Cl)=Cc3ccc(Cl)c([N+](=O)[O-])c3)nc2c1. The van der Waals surface area contributed by atoms with Gasteiger partial charge in [0.1, 0.15) is 5.02 Å². The quantitative estimate of drug-likeness (QED) is 0.500. The number of carboxylic acids is 1. The van der Waals surface area contributed by atoms with E-state index in [-0.39, 0.29) is 38.0 Å². The summed E-state index contributed by atoms with van der Waals surface area (Å²) < 4.78 is 0. The summed E-state index contributed by atoms with van der Waals surface area (Å²) in [6, 6.07) is 8.00. The van der Waals surface area contributed by atoms with E-state index in [1.54, 1.807) is 0 Å². The molecule has 1 heterocycles. The number of carboxylic acid groups (broad SMARTS) is 1. The first-order chi connectivity index (χ1) is 12.8. The fraction of sp³-hybridized carbons (Fsp3) is 0. The van der Waals surface area contributed by atoms with E-state index >= 15 is 0 Å². The lowest BCUT2D eigenvalue weighted by Gasteiger charge is -2.04. The predicted molar refractivity (Wildman–Crippen MR) is 101 cm³/mol. The molecule has 3 rings (SSSR count). The zero-order valence-electron chi connectivity index (χ0n) is 13.3. The van der Waals surface area contributed by atoms with E-state index in [9.17, 15) is 19.7 Å². The van der Waals surface area contributed by atoms with Crippen molar-refractivity contribution in [3.8, 4) is 0 Å². The molecule has 0 amide bonds. The molecule has 0 unspecified atom stereocenters. The average molecular weight is 406 g/mol. The molecule has 0 saturated heterocycles. The highest BCUT2D eigenvalue weighted by Gasteiger charge is 2.14. The Kier molecular flexibility index (Phi) is 4.93. The molecule has 0 fully saturated rings. The maximum absolute atomic E-state index is 12.2. The number of nitrogens with zero attached hydrogens (tertiary/aromatic N) is 2. The van der Waals surface area contributed by atoms with E-state index in [0.717, 1.165) is 0 Å². The van der Waals surface area contributed by atoms with Gasteiger partial charge in [-0.25, -0.2) is 9.78 Å². The molecule has 0 aliphatic carbocycles. The van der Waals surface area contributed by atoms with Crippen molar-refractivity contribution in [1.29, 1.82) is 0 Å². The van der Waals surface area contributed by atoms with Crippen LogP contribution in [-0.2, 0) is 0 Å². The Bertz CT molecular complexity index is 1190. The van der Waals surface area contributed by atoms with E-state index < -0.39 is 16.5 Å². The van der Waals surface area contributed by atoms with Crippen molar-refractivity contribution in [3.05, 3.63) is 78.8 Å². The van der Waals surface area contributed by atoms with Crippen LogP contribution in [0, 0.1) is 10.1 Å². The monoisotopic (exact) mass is 405 g/mol. The number of carbonyl (C=O) groups is 1. The Hall–Kier alpha value is -3.23. The van der Waals surface area contributed by atoms with Gasteiger partial charge in [0.05, 0.1) is 26.4 Å². The number of fused-ring (bicyclic) bond motifs is 1. The second-order valence-corrected chi connectivity index (χ2v) is 6.23. The van der Waals surface area contributed by atoms with Gasteiger partial charge in [-0.05, 0) is 35.9 Å². The van der Waals surface area contributed by atoms with E-state index in [1.807, 2.05) is 0 Å². The maximum Gasteiger partial charge on any atom is 0.335 e. The van der Waals surface area contributed by atoms with Gasteiger partial charge in [0, 0.05) is 6.07 Å². The summed E-state index contributed by atoms with van der Waals surface area (Å²) >= 11 is 12.0. The normalized spacial score (nSPS) is 11.6. The highest BCUT2D eigenvalue weighted by Crippen LogP contribution is 2.28. The van der Waals surface area contributed by atoms with Gasteiger partial charge in [-0.2, -0.15) is 0 Å². The summed E-state index contributed by atoms with van der Waals surface area (Å²) in [5.41, 5.74) is -0.290. The van der Waals surface area contributed by atoms with Crippen LogP contribution in [0.1, 0.15) is 21.7 Å². The number of hydrogen-bond acceptors (Lipinski definition) is 5. The van der Waals surface area contributed by atoms with Crippen molar-refractivity contribution in [3.63, 3.8) is 0 Å². The van der Waals surface area contributed by atoms with Gasteiger partial charge in [-0.1, -0.05) is 29.3 Å². The molecule has 0 spiro atoms. The molecule has 0 radical (unpaired) electrons. The smallest absolute Gasteiger partial charge is 0.335 e. The molecule has 0 aliphatic heterocycles. The third kappa shape index (κ3) is 3.81. The van der Waals surface area contributed by atoms with Crippen LogP contribution in [0.2, 0.25) is 5.02 Å². The van der Waals surface area contributed by atoms with Crippen LogP contribution in [0.4, 0.5) is 5.69 Å². The van der Waals surface area contributed by atoms with Crippen molar-refractivity contribution in [1.82, 2.24) is 9.97 Å². The number of nitro benzene ring substituents is 1. The van der Waals surface area contributed by atoms with Crippen LogP contribution in [-0.4, -0.2) is 26.0 Å². The second kappa shape index (κ2) is 7.18. The Morgan fingerprint density at radius 3 is 2.67 bits per heavy atom. The Labute approximate surface area is 160 Å². The van der Waals surface area contributed by atoms with Crippen LogP contribution >= 0.6 is 23.2 Å². The first-order valence-electron chi connectivity index (χ1n) is 7.35. The molecule has 0 atom stereocenters. The zero-order valence-corrected chi connectivity index (χ0v) is 14.8. The Morgan fingerprint density at radius 2 is 2.00 bits per heavy atom. The molecule has 8 nitrogen and oxygen atoms in total. The van der Waals surface area contributed by atoms with Gasteiger partial charge < -0.3 is 10.1 Å². The summed E-state index contributed by atoms with van der Waals surface area (Å²) in [5.74, 6) is -1.16. The summed E-state index contributed by atoms with van der Waals surface area (Å²) in [5, 5.41) is 20.2. The van der Waals surface area contributed by atoms with Gasteiger partial charge in [-0.15, -0.1) is 0 Å². The van der Waals surface area contributed by atoms with Crippen LogP contribution < -0.4 is 5.56 Å². The van der Waals surface area contributed by atoms with E-state index in [1.165, 1.54) is 42.5 Å². The maximum atomic E-state index is 12.2. The number of nitrogens with one attached hydrogen (secondary N) is 1. The summed E-state index contributed by atoms with van der Waals surface area (Å²) in [4.78, 5) is 40.3. The number of aromatic nitrogens is 2. The third-order valence-electron chi connectivity index (χ3n) is 3.64. The summed E-state index contributed by atoms with van der Waals surface area (Å²) in [7, 11) is 0. The summed E-state index contributed by atoms with van der Waals surface area (Å²) in [6.45, 7) is 0. The Balaban J connectivity index is 2.10. The van der Waals surface area contributed by atoms with Gasteiger partial charge in [0.2, 0.25) is 0 Å². The highest BCUT2D eigenvalue weighted by molar-refractivity contribution is 6.50. The van der Waals surface area contributed by atoms with Crippen molar-refractivity contribution >= 4 is 56.9 Å². The minimum atomic E-state index is -1.16. The first-order valence-corrected chi connectivity index (χ1v) is 8.11. The number of rotatable bonds is 4. The topological polar surface area (TPSA) is 126 Å². The van der Waals surface area contributed by atoms with Gasteiger partial charge in [0.25, 0.3) is 11.2 Å². The lowest BCUT2D eigenvalue weighted by Crippen LogP contribution is -2.11. The molecule has 0 saturated carbocycles. The van der Waals surface area contributed by atoms with Crippen LogP contribution in [0.3, 0.4) is 0 Å². The zero-order chi connectivity index (χ0) is 19.7. The number of benzene rings is 2. The molecule has 2 N–H and O–H groups in total. The number of halogens is 2. The Morgan fingerprint density at radius 1 is 1.26 bits per heavy atom. The summed E-state index contributed by atoms with van der Waals surface area (Å²) in [6.07, 6.45) is 1.37. The standard InChI is InChI=1S/C17H9Cl2N3O5/c18-11-4-1-8(6-14(11)22(26)27)5-12(19)15-20-13-7-9(17(24)25)2-3-10(13)16(23)21-15/h1-7H,(H,24,25)(H,20,21,23). The molecule has 0 aliphatic rings. The minimum Gasteiger partial charge on any atom is -0.478 e. The van der Waals surface area contributed by atoms with E-state index in [4.69, 9.17) is 28.3 Å². The largest absolute Gasteiger partial charge is 0.478 e. The molecule has 136 valence electrons. The van der Waals surface area contributed by atoms with Gasteiger partial charge >= 0.3 is 5.97 Å². The number of aromatic amines is 1. The fourth-order valence-electron chi connectivity index (χ4n) is 2.36. The first kappa shape index (κ1) is 18.6. The van der Waals surface area contributed by atoms with E-state index in [0.29, 0.717) is 5.56 Å². The number of hydrogen-bond donors (Lipinski definition) is 2. The number of nitro groups is 1. The van der Waals surface area contributed by atoms with Gasteiger partial charge in [0.15, 0.2) is 5.82 Å². The van der Waals surface area contributed by atoms with Crippen molar-refractivity contribution < 1.29 is 14.8 Å². The molecular formula is C17H9Cl2N3O5. The minimum absolute atomic E-state index is 0.00527. The van der Waals surface area contributed by atoms with Crippen LogP contribution in [0.25, 0.3) is 22.0 Å². The van der Waals surface area contributed by atoms with Gasteiger partial charge in [-0.3, -0.25) is 14.9 Å². The third-order valence-corrected chi connectivity index (χ3v) is 4.25. The highest BCUT2D eigenvalue weighted by atomic mass is 35.5. The lowest BCUT2D eigenvalue weighted by molar-refractivity contribution is -0.384. The number of aromatic carboxylic acids is 1. The van der Waals surface area contributed by atoms with Crippen LogP contribution in [0.15, 0.2) is 41.2 Å². The molecule has 3 aromatic rings. The predicted octanol–water partition coefficient (Wildman–Crippen LogP) is 3.92. The molecule has 10 heteroatoms. The number of H-pyrrole nitrogens is 1. The lowest BCUT2D eigenvalue weighted by atomic mass is 10.1. The van der Waals surface area contributed by atoms with E-state index in [2.05, 4.69) is 9.97 Å². The average Bonchev–Trinajstić information content (AvgIpc) is 2.62. The molecule has 0 bridgehead atoms. The molecule has 1 aromatic heterocycles. The molecular weight excluding hydrogens is 397 g/mol. The van der Waals surface area contributed by atoms with Crippen molar-refractivity contribution in [2.24, 2.45) is 0 Å². The van der Waals surface area contributed by atoms with Crippen molar-refractivity contribution in [2.75, 3.05) is 0 Å².